The molecule has 1 amide bonds. The number of hydrogen-bond donors (Lipinski definition) is 2. The zero-order valence-electron chi connectivity index (χ0n) is 10.6. The molecule has 0 aromatic heterocycles. The van der Waals surface area contributed by atoms with Crippen LogP contribution in [0.2, 0.25) is 0 Å². The molecule has 0 aromatic carbocycles. The smallest absolute Gasteiger partial charge is 0.306 e. The van der Waals surface area contributed by atoms with Gasteiger partial charge in [0.15, 0.2) is 0 Å². The second kappa shape index (κ2) is 6.00. The van der Waals surface area contributed by atoms with Gasteiger partial charge in [-0.05, 0) is 18.9 Å². The molecule has 2 unspecified atom stereocenters. The van der Waals surface area contributed by atoms with Crippen LogP contribution in [-0.4, -0.2) is 41.5 Å². The molecule has 1 heterocycles. The molecule has 17 heavy (non-hydrogen) atoms. The minimum absolute atomic E-state index is 0.114. The molecule has 5 heteroatoms. The zero-order valence-corrected chi connectivity index (χ0v) is 10.6. The number of carboxylic acids is 1. The number of nitrogens with two attached hydrogens (primary N) is 1. The number of hydrogen-bond acceptors (Lipinski definition) is 3. The molecule has 98 valence electrons. The van der Waals surface area contributed by atoms with E-state index in [0.717, 1.165) is 6.42 Å². The first kappa shape index (κ1) is 14.0. The van der Waals surface area contributed by atoms with Crippen molar-refractivity contribution in [3.05, 3.63) is 0 Å². The Balaban J connectivity index is 2.23. The lowest BCUT2D eigenvalue weighted by molar-refractivity contribution is -0.150. The summed E-state index contributed by atoms with van der Waals surface area (Å²) in [5.41, 5.74) is 5.49. The summed E-state index contributed by atoms with van der Waals surface area (Å²) < 4.78 is 0. The van der Waals surface area contributed by atoms with Gasteiger partial charge in [-0.25, -0.2) is 0 Å². The van der Waals surface area contributed by atoms with E-state index in [4.69, 9.17) is 10.8 Å². The van der Waals surface area contributed by atoms with Crippen molar-refractivity contribution in [1.82, 2.24) is 4.90 Å². The minimum Gasteiger partial charge on any atom is -0.481 e. The van der Waals surface area contributed by atoms with Gasteiger partial charge in [-0.1, -0.05) is 13.8 Å². The highest BCUT2D eigenvalue weighted by Gasteiger charge is 2.36. The number of rotatable bonds is 6. The van der Waals surface area contributed by atoms with Crippen molar-refractivity contribution in [2.75, 3.05) is 19.6 Å². The maximum absolute atomic E-state index is 11.7. The molecule has 3 N–H and O–H groups in total. The molecule has 1 rings (SSSR count). The lowest BCUT2D eigenvalue weighted by atomic mass is 9.86. The molecule has 0 aromatic rings. The van der Waals surface area contributed by atoms with Crippen LogP contribution in [0.25, 0.3) is 0 Å². The third kappa shape index (κ3) is 3.70. The van der Waals surface area contributed by atoms with Crippen LogP contribution in [0.1, 0.15) is 26.7 Å². The molecule has 1 aliphatic heterocycles. The van der Waals surface area contributed by atoms with Crippen molar-refractivity contribution in [3.63, 3.8) is 0 Å². The predicted molar refractivity (Wildman–Crippen MR) is 64.3 cm³/mol. The molecule has 5 nitrogen and oxygen atoms in total. The lowest BCUT2D eigenvalue weighted by Gasteiger charge is -2.41. The highest BCUT2D eigenvalue weighted by Crippen LogP contribution is 2.25. The fourth-order valence-electron chi connectivity index (χ4n) is 1.88. The summed E-state index contributed by atoms with van der Waals surface area (Å²) in [6, 6.07) is 0. The first-order chi connectivity index (χ1) is 7.95. The highest BCUT2D eigenvalue weighted by molar-refractivity contribution is 5.77. The van der Waals surface area contributed by atoms with Crippen molar-refractivity contribution in [2.45, 2.75) is 26.7 Å². The first-order valence-electron chi connectivity index (χ1n) is 6.16. The Bertz CT molecular complexity index is 287. The van der Waals surface area contributed by atoms with Crippen LogP contribution in [-0.2, 0) is 9.59 Å². The van der Waals surface area contributed by atoms with E-state index in [1.165, 1.54) is 0 Å². The normalized spacial score (nSPS) is 19.6. The van der Waals surface area contributed by atoms with Gasteiger partial charge in [0, 0.05) is 25.4 Å². The van der Waals surface area contributed by atoms with Gasteiger partial charge >= 0.3 is 5.97 Å². The molecule has 2 atom stereocenters. The van der Waals surface area contributed by atoms with Crippen molar-refractivity contribution in [1.29, 1.82) is 0 Å². The van der Waals surface area contributed by atoms with Crippen molar-refractivity contribution < 1.29 is 14.7 Å². The molecule has 0 aliphatic carbocycles. The Labute approximate surface area is 102 Å². The number of likely N-dealkylation sites (tertiary alicyclic amines) is 1. The van der Waals surface area contributed by atoms with Crippen molar-refractivity contribution in [3.8, 4) is 0 Å². The predicted octanol–water partition coefficient (Wildman–Crippen LogP) is 0.541. The van der Waals surface area contributed by atoms with Crippen LogP contribution < -0.4 is 5.73 Å². The van der Waals surface area contributed by atoms with Crippen LogP contribution in [0.15, 0.2) is 0 Å². The van der Waals surface area contributed by atoms with E-state index in [-0.39, 0.29) is 17.7 Å². The number of amides is 1. The van der Waals surface area contributed by atoms with Gasteiger partial charge in [-0.3, -0.25) is 9.59 Å². The standard InChI is InChI=1S/C12H22N2O3/c1-8(5-13)3-4-11(15)14-6-10(7-14)9(2)12(16)17/h8-10H,3-7,13H2,1-2H3,(H,16,17). The second-order valence-electron chi connectivity index (χ2n) is 5.07. The molecule has 1 fully saturated rings. The maximum atomic E-state index is 11.7. The molecular weight excluding hydrogens is 220 g/mol. The van der Waals surface area contributed by atoms with Gasteiger partial charge in [0.25, 0.3) is 0 Å². The molecular formula is C12H22N2O3. The third-order valence-electron chi connectivity index (χ3n) is 3.61. The van der Waals surface area contributed by atoms with Gasteiger partial charge in [-0.2, -0.15) is 0 Å². The van der Waals surface area contributed by atoms with E-state index >= 15 is 0 Å². The van der Waals surface area contributed by atoms with Crippen molar-refractivity contribution >= 4 is 11.9 Å². The molecule has 0 radical (unpaired) electrons. The molecule has 1 saturated heterocycles. The Morgan fingerprint density at radius 3 is 2.47 bits per heavy atom. The van der Waals surface area contributed by atoms with Gasteiger partial charge in [0.2, 0.25) is 5.91 Å². The van der Waals surface area contributed by atoms with E-state index in [1.807, 2.05) is 6.92 Å². The van der Waals surface area contributed by atoms with E-state index < -0.39 is 5.97 Å². The number of carboxylic acid groups (broad SMARTS) is 1. The average Bonchev–Trinajstić information content (AvgIpc) is 2.23. The SMILES string of the molecule is CC(CN)CCC(=O)N1CC(C(C)C(=O)O)C1. The maximum Gasteiger partial charge on any atom is 0.306 e. The fourth-order valence-corrected chi connectivity index (χ4v) is 1.88. The largest absolute Gasteiger partial charge is 0.481 e. The summed E-state index contributed by atoms with van der Waals surface area (Å²) in [6.07, 6.45) is 1.33. The summed E-state index contributed by atoms with van der Waals surface area (Å²) in [5, 5.41) is 8.83. The Hall–Kier alpha value is -1.10. The lowest BCUT2D eigenvalue weighted by Crippen LogP contribution is -2.53. The van der Waals surface area contributed by atoms with E-state index in [2.05, 4.69) is 0 Å². The topological polar surface area (TPSA) is 83.6 Å². The Morgan fingerprint density at radius 2 is 2.00 bits per heavy atom. The number of nitrogens with zero attached hydrogens (tertiary/aromatic N) is 1. The van der Waals surface area contributed by atoms with Crippen LogP contribution in [0.5, 0.6) is 0 Å². The Kier molecular flexibility index (Phi) is 4.93. The van der Waals surface area contributed by atoms with Crippen LogP contribution in [0, 0.1) is 17.8 Å². The summed E-state index contributed by atoms with van der Waals surface area (Å²) in [7, 11) is 0. The van der Waals surface area contributed by atoms with E-state index in [0.29, 0.717) is 32.0 Å². The number of aliphatic carboxylic acids is 1. The fraction of sp³-hybridized carbons (Fsp3) is 0.833. The monoisotopic (exact) mass is 242 g/mol. The number of carbonyl (C=O) groups is 2. The highest BCUT2D eigenvalue weighted by atomic mass is 16.4. The summed E-state index contributed by atoms with van der Waals surface area (Å²) in [6.45, 7) is 5.50. The van der Waals surface area contributed by atoms with Crippen LogP contribution >= 0.6 is 0 Å². The molecule has 0 spiro atoms. The van der Waals surface area contributed by atoms with Gasteiger partial charge < -0.3 is 15.7 Å². The van der Waals surface area contributed by atoms with Gasteiger partial charge in [-0.15, -0.1) is 0 Å². The molecule has 0 bridgehead atoms. The van der Waals surface area contributed by atoms with E-state index in [9.17, 15) is 9.59 Å². The van der Waals surface area contributed by atoms with Gasteiger partial charge in [0.05, 0.1) is 5.92 Å². The zero-order chi connectivity index (χ0) is 13.0. The van der Waals surface area contributed by atoms with Crippen LogP contribution in [0.4, 0.5) is 0 Å². The molecule has 0 saturated carbocycles. The number of carbonyl (C=O) groups excluding carboxylic acids is 1. The van der Waals surface area contributed by atoms with Crippen LogP contribution in [0.3, 0.4) is 0 Å². The third-order valence-corrected chi connectivity index (χ3v) is 3.61. The first-order valence-corrected chi connectivity index (χ1v) is 6.16. The summed E-state index contributed by atoms with van der Waals surface area (Å²) >= 11 is 0. The van der Waals surface area contributed by atoms with E-state index in [1.54, 1.807) is 11.8 Å². The molecule has 1 aliphatic rings. The summed E-state index contributed by atoms with van der Waals surface area (Å²) in [5.74, 6) is -0.530. The Morgan fingerprint density at radius 1 is 1.41 bits per heavy atom. The second-order valence-corrected chi connectivity index (χ2v) is 5.07. The average molecular weight is 242 g/mol. The van der Waals surface area contributed by atoms with Crippen molar-refractivity contribution in [2.24, 2.45) is 23.5 Å². The van der Waals surface area contributed by atoms with Gasteiger partial charge in [0.1, 0.15) is 0 Å². The summed E-state index contributed by atoms with van der Waals surface area (Å²) in [4.78, 5) is 24.2. The minimum atomic E-state index is -0.779. The quantitative estimate of drug-likeness (QED) is 0.712.